The average molecular weight is 254 g/mol. The van der Waals surface area contributed by atoms with E-state index in [4.69, 9.17) is 5.73 Å². The smallest absolute Gasteiger partial charge is 0.184 e. The molecule has 0 aromatic heterocycles. The van der Waals surface area contributed by atoms with E-state index in [0.717, 1.165) is 32.0 Å². The van der Waals surface area contributed by atoms with E-state index in [1.54, 1.807) is 0 Å². The maximum absolute atomic E-state index is 13.8. The van der Waals surface area contributed by atoms with Crippen LogP contribution in [0.25, 0.3) is 0 Å². The van der Waals surface area contributed by atoms with Crippen molar-refractivity contribution in [2.45, 2.75) is 32.6 Å². The molecular weight excluding hydrogens is 234 g/mol. The first-order chi connectivity index (χ1) is 8.63. The fourth-order valence-electron chi connectivity index (χ4n) is 2.73. The van der Waals surface area contributed by atoms with Crippen molar-refractivity contribution in [1.29, 1.82) is 0 Å². The topological polar surface area (TPSA) is 29.3 Å². The minimum atomic E-state index is -0.824. The highest BCUT2D eigenvalue weighted by Crippen LogP contribution is 2.32. The standard InChI is InChI=1S/C14H20F2N2/c1-2-3-10-6-8-18(9-7-10)14-12(17)5-4-11(15)13(14)16/h4-5,10H,2-3,6-9,17H2,1H3. The van der Waals surface area contributed by atoms with E-state index < -0.39 is 11.6 Å². The van der Waals surface area contributed by atoms with E-state index in [0.29, 0.717) is 11.6 Å². The van der Waals surface area contributed by atoms with Crippen LogP contribution in [0.5, 0.6) is 0 Å². The van der Waals surface area contributed by atoms with Crippen LogP contribution in [0.3, 0.4) is 0 Å². The lowest BCUT2D eigenvalue weighted by Crippen LogP contribution is -2.34. The van der Waals surface area contributed by atoms with Crippen LogP contribution in [-0.4, -0.2) is 13.1 Å². The van der Waals surface area contributed by atoms with E-state index in [2.05, 4.69) is 6.92 Å². The second-order valence-electron chi connectivity index (χ2n) is 5.02. The number of nitrogens with zero attached hydrogens (tertiary/aromatic N) is 1. The molecule has 1 aliphatic rings. The molecule has 1 heterocycles. The second kappa shape index (κ2) is 5.55. The third-order valence-corrected chi connectivity index (χ3v) is 3.73. The summed E-state index contributed by atoms with van der Waals surface area (Å²) >= 11 is 0. The van der Waals surface area contributed by atoms with Gasteiger partial charge in [-0.25, -0.2) is 8.78 Å². The lowest BCUT2D eigenvalue weighted by atomic mass is 9.92. The van der Waals surface area contributed by atoms with Crippen molar-refractivity contribution >= 4 is 11.4 Å². The van der Waals surface area contributed by atoms with Gasteiger partial charge in [0.1, 0.15) is 0 Å². The maximum Gasteiger partial charge on any atom is 0.184 e. The van der Waals surface area contributed by atoms with Gasteiger partial charge in [0.2, 0.25) is 0 Å². The zero-order valence-corrected chi connectivity index (χ0v) is 10.8. The molecule has 1 aromatic carbocycles. The summed E-state index contributed by atoms with van der Waals surface area (Å²) < 4.78 is 27.0. The number of nitrogens with two attached hydrogens (primary N) is 1. The summed E-state index contributed by atoms with van der Waals surface area (Å²) in [5, 5.41) is 0. The van der Waals surface area contributed by atoms with Crippen LogP contribution in [0.15, 0.2) is 12.1 Å². The highest BCUT2D eigenvalue weighted by Gasteiger charge is 2.23. The van der Waals surface area contributed by atoms with Crippen molar-refractivity contribution in [3.8, 4) is 0 Å². The molecule has 0 spiro atoms. The number of rotatable bonds is 3. The first kappa shape index (κ1) is 13.1. The van der Waals surface area contributed by atoms with Gasteiger partial charge >= 0.3 is 0 Å². The molecule has 100 valence electrons. The molecule has 2 N–H and O–H groups in total. The first-order valence-corrected chi connectivity index (χ1v) is 6.62. The highest BCUT2D eigenvalue weighted by molar-refractivity contribution is 5.68. The van der Waals surface area contributed by atoms with Crippen LogP contribution >= 0.6 is 0 Å². The van der Waals surface area contributed by atoms with Crippen LogP contribution in [0.1, 0.15) is 32.6 Å². The predicted octanol–water partition coefficient (Wildman–Crippen LogP) is 3.56. The summed E-state index contributed by atoms with van der Waals surface area (Å²) in [6.45, 7) is 3.70. The van der Waals surface area contributed by atoms with Crippen molar-refractivity contribution in [3.05, 3.63) is 23.8 Å². The Kier molecular flexibility index (Phi) is 4.04. The molecule has 2 rings (SSSR count). The van der Waals surface area contributed by atoms with Crippen LogP contribution in [0.2, 0.25) is 0 Å². The number of hydrogen-bond acceptors (Lipinski definition) is 2. The molecule has 0 bridgehead atoms. The van der Waals surface area contributed by atoms with Gasteiger partial charge < -0.3 is 10.6 Å². The molecule has 1 saturated heterocycles. The largest absolute Gasteiger partial charge is 0.397 e. The Hall–Kier alpha value is -1.32. The molecule has 0 atom stereocenters. The minimum Gasteiger partial charge on any atom is -0.397 e. The van der Waals surface area contributed by atoms with E-state index in [1.807, 2.05) is 4.90 Å². The number of halogens is 2. The van der Waals surface area contributed by atoms with Crippen LogP contribution in [0.4, 0.5) is 20.2 Å². The quantitative estimate of drug-likeness (QED) is 0.836. The van der Waals surface area contributed by atoms with E-state index in [-0.39, 0.29) is 5.69 Å². The first-order valence-electron chi connectivity index (χ1n) is 6.62. The summed E-state index contributed by atoms with van der Waals surface area (Å²) in [5.41, 5.74) is 6.33. The Labute approximate surface area is 107 Å². The Morgan fingerprint density at radius 3 is 2.56 bits per heavy atom. The lowest BCUT2D eigenvalue weighted by Gasteiger charge is -2.34. The van der Waals surface area contributed by atoms with Gasteiger partial charge in [-0.05, 0) is 30.9 Å². The third-order valence-electron chi connectivity index (χ3n) is 3.73. The number of nitrogen functional groups attached to an aromatic ring is 1. The summed E-state index contributed by atoms with van der Waals surface area (Å²) in [5.74, 6) is -0.928. The molecule has 18 heavy (non-hydrogen) atoms. The van der Waals surface area contributed by atoms with Crippen molar-refractivity contribution in [2.24, 2.45) is 5.92 Å². The van der Waals surface area contributed by atoms with Crippen molar-refractivity contribution in [1.82, 2.24) is 0 Å². The van der Waals surface area contributed by atoms with Gasteiger partial charge in [-0.15, -0.1) is 0 Å². The number of piperidine rings is 1. The van der Waals surface area contributed by atoms with Crippen LogP contribution < -0.4 is 10.6 Å². The van der Waals surface area contributed by atoms with E-state index >= 15 is 0 Å². The molecule has 0 amide bonds. The fraction of sp³-hybridized carbons (Fsp3) is 0.571. The maximum atomic E-state index is 13.8. The summed E-state index contributed by atoms with van der Waals surface area (Å²) in [7, 11) is 0. The van der Waals surface area contributed by atoms with E-state index in [9.17, 15) is 8.78 Å². The molecule has 2 nitrogen and oxygen atoms in total. The van der Waals surface area contributed by atoms with Gasteiger partial charge in [0, 0.05) is 13.1 Å². The fourth-order valence-corrected chi connectivity index (χ4v) is 2.73. The Bertz CT molecular complexity index is 413. The van der Waals surface area contributed by atoms with Gasteiger partial charge in [-0.3, -0.25) is 0 Å². The third kappa shape index (κ3) is 2.57. The molecular formula is C14H20F2N2. The van der Waals surface area contributed by atoms with Gasteiger partial charge in [0.05, 0.1) is 11.4 Å². The number of hydrogen-bond donors (Lipinski definition) is 1. The Morgan fingerprint density at radius 1 is 1.28 bits per heavy atom. The van der Waals surface area contributed by atoms with Crippen molar-refractivity contribution in [2.75, 3.05) is 23.7 Å². The molecule has 0 aliphatic carbocycles. The Morgan fingerprint density at radius 2 is 1.94 bits per heavy atom. The number of benzene rings is 1. The van der Waals surface area contributed by atoms with Gasteiger partial charge in [-0.1, -0.05) is 19.8 Å². The molecule has 0 radical (unpaired) electrons. The van der Waals surface area contributed by atoms with Gasteiger partial charge in [-0.2, -0.15) is 0 Å². The summed E-state index contributed by atoms with van der Waals surface area (Å²) in [6.07, 6.45) is 4.46. The van der Waals surface area contributed by atoms with Crippen LogP contribution in [0, 0.1) is 17.6 Å². The molecule has 1 aliphatic heterocycles. The predicted molar refractivity (Wildman–Crippen MR) is 70.6 cm³/mol. The van der Waals surface area contributed by atoms with E-state index in [1.165, 1.54) is 18.9 Å². The summed E-state index contributed by atoms with van der Waals surface area (Å²) in [6, 6.07) is 2.52. The Balaban J connectivity index is 2.12. The minimum absolute atomic E-state index is 0.241. The molecule has 1 fully saturated rings. The lowest BCUT2D eigenvalue weighted by molar-refractivity contribution is 0.375. The molecule has 4 heteroatoms. The average Bonchev–Trinajstić information content (AvgIpc) is 2.37. The van der Waals surface area contributed by atoms with Crippen molar-refractivity contribution < 1.29 is 8.78 Å². The van der Waals surface area contributed by atoms with Gasteiger partial charge in [0.25, 0.3) is 0 Å². The highest BCUT2D eigenvalue weighted by atomic mass is 19.2. The SMILES string of the molecule is CCCC1CCN(c2c(N)ccc(F)c2F)CC1. The summed E-state index contributed by atoms with van der Waals surface area (Å²) in [4.78, 5) is 1.87. The van der Waals surface area contributed by atoms with Crippen molar-refractivity contribution in [3.63, 3.8) is 0 Å². The molecule has 1 aromatic rings. The zero-order chi connectivity index (χ0) is 13.1. The number of anilines is 2. The second-order valence-corrected chi connectivity index (χ2v) is 5.02. The van der Waals surface area contributed by atoms with Crippen LogP contribution in [-0.2, 0) is 0 Å². The molecule has 0 unspecified atom stereocenters. The van der Waals surface area contributed by atoms with Gasteiger partial charge in [0.15, 0.2) is 11.6 Å². The zero-order valence-electron chi connectivity index (χ0n) is 10.8. The normalized spacial score (nSPS) is 17.2. The molecule has 0 saturated carbocycles. The monoisotopic (exact) mass is 254 g/mol.